The Hall–Kier alpha value is -1.55. The van der Waals surface area contributed by atoms with Crippen molar-refractivity contribution in [2.45, 2.75) is 19.8 Å². The van der Waals surface area contributed by atoms with Gasteiger partial charge in [-0.2, -0.15) is 0 Å². The van der Waals surface area contributed by atoms with Crippen LogP contribution in [0.5, 0.6) is 0 Å². The number of ether oxygens (including phenoxy) is 1. The molecular weight excluding hydrogens is 240 g/mol. The fourth-order valence-corrected chi connectivity index (χ4v) is 2.36. The van der Waals surface area contributed by atoms with E-state index in [0.717, 1.165) is 36.2 Å². The number of carbonyl (C=O) groups is 1. The van der Waals surface area contributed by atoms with Crippen molar-refractivity contribution in [3.05, 3.63) is 29.3 Å². The lowest BCUT2D eigenvalue weighted by Gasteiger charge is -2.23. The molecule has 0 aromatic heterocycles. The lowest BCUT2D eigenvalue weighted by molar-refractivity contribution is 0.0709. The number of nitrogens with zero attached hydrogens (tertiary/aromatic N) is 1. The molecule has 104 valence electrons. The SMILES string of the molecule is CCOCCN(C)C(=O)c1cccc2c1CCCN2. The third kappa shape index (κ3) is 3.26. The van der Waals surface area contributed by atoms with Crippen molar-refractivity contribution in [1.82, 2.24) is 4.90 Å². The van der Waals surface area contributed by atoms with Crippen LogP contribution in [0, 0.1) is 0 Å². The van der Waals surface area contributed by atoms with Gasteiger partial charge in [0, 0.05) is 38.0 Å². The number of carbonyl (C=O) groups excluding carboxylic acids is 1. The third-order valence-electron chi connectivity index (χ3n) is 3.45. The molecule has 1 heterocycles. The van der Waals surface area contributed by atoms with Crippen LogP contribution < -0.4 is 5.32 Å². The minimum Gasteiger partial charge on any atom is -0.385 e. The average Bonchev–Trinajstić information content (AvgIpc) is 2.46. The first-order valence-corrected chi connectivity index (χ1v) is 6.93. The van der Waals surface area contributed by atoms with Gasteiger partial charge in [-0.15, -0.1) is 0 Å². The maximum atomic E-state index is 12.5. The van der Waals surface area contributed by atoms with Crippen LogP contribution in [-0.2, 0) is 11.2 Å². The molecule has 2 rings (SSSR count). The minimum absolute atomic E-state index is 0.0836. The van der Waals surface area contributed by atoms with Crippen molar-refractivity contribution >= 4 is 11.6 Å². The fraction of sp³-hybridized carbons (Fsp3) is 0.533. The molecule has 0 saturated heterocycles. The van der Waals surface area contributed by atoms with Gasteiger partial charge in [-0.3, -0.25) is 4.79 Å². The smallest absolute Gasteiger partial charge is 0.254 e. The molecule has 0 radical (unpaired) electrons. The quantitative estimate of drug-likeness (QED) is 0.827. The first-order chi connectivity index (χ1) is 9.24. The number of rotatable bonds is 5. The summed E-state index contributed by atoms with van der Waals surface area (Å²) in [6.45, 7) is 4.86. The van der Waals surface area contributed by atoms with Gasteiger partial charge in [0.05, 0.1) is 6.61 Å². The highest BCUT2D eigenvalue weighted by Crippen LogP contribution is 2.25. The maximum absolute atomic E-state index is 12.5. The van der Waals surface area contributed by atoms with Crippen LogP contribution in [0.25, 0.3) is 0 Å². The van der Waals surface area contributed by atoms with E-state index in [2.05, 4.69) is 5.32 Å². The van der Waals surface area contributed by atoms with Gasteiger partial charge >= 0.3 is 0 Å². The highest BCUT2D eigenvalue weighted by atomic mass is 16.5. The Bertz CT molecular complexity index is 446. The summed E-state index contributed by atoms with van der Waals surface area (Å²) in [7, 11) is 1.83. The summed E-state index contributed by atoms with van der Waals surface area (Å²) in [6.07, 6.45) is 2.06. The highest BCUT2D eigenvalue weighted by molar-refractivity contribution is 5.97. The van der Waals surface area contributed by atoms with Gasteiger partial charge in [0.2, 0.25) is 0 Å². The summed E-state index contributed by atoms with van der Waals surface area (Å²) in [5.74, 6) is 0.0836. The summed E-state index contributed by atoms with van der Waals surface area (Å²) in [5.41, 5.74) is 3.08. The first-order valence-electron chi connectivity index (χ1n) is 6.93. The Kier molecular flexibility index (Phi) is 4.80. The van der Waals surface area contributed by atoms with Crippen LogP contribution in [-0.4, -0.2) is 44.2 Å². The summed E-state index contributed by atoms with van der Waals surface area (Å²) in [5, 5.41) is 3.35. The average molecular weight is 262 g/mol. The van der Waals surface area contributed by atoms with E-state index in [1.54, 1.807) is 4.90 Å². The molecule has 1 aliphatic heterocycles. The Morgan fingerprint density at radius 2 is 2.32 bits per heavy atom. The predicted octanol–water partition coefficient (Wildman–Crippen LogP) is 2.15. The first kappa shape index (κ1) is 13.9. The van der Waals surface area contributed by atoms with Crippen LogP contribution in [0.1, 0.15) is 29.3 Å². The van der Waals surface area contributed by atoms with Crippen LogP contribution in [0.4, 0.5) is 5.69 Å². The molecule has 0 unspecified atom stereocenters. The second kappa shape index (κ2) is 6.57. The van der Waals surface area contributed by atoms with Gasteiger partial charge in [0.1, 0.15) is 0 Å². The van der Waals surface area contributed by atoms with Gasteiger partial charge in [-0.1, -0.05) is 6.07 Å². The number of nitrogens with one attached hydrogen (secondary N) is 1. The zero-order valence-electron chi connectivity index (χ0n) is 11.7. The summed E-state index contributed by atoms with van der Waals surface area (Å²) >= 11 is 0. The van der Waals surface area contributed by atoms with Crippen LogP contribution >= 0.6 is 0 Å². The zero-order chi connectivity index (χ0) is 13.7. The third-order valence-corrected chi connectivity index (χ3v) is 3.45. The van der Waals surface area contributed by atoms with Gasteiger partial charge in [0.25, 0.3) is 5.91 Å². The van der Waals surface area contributed by atoms with E-state index in [1.807, 2.05) is 32.2 Å². The van der Waals surface area contributed by atoms with Crippen molar-refractivity contribution in [2.24, 2.45) is 0 Å². The molecule has 1 N–H and O–H groups in total. The van der Waals surface area contributed by atoms with Gasteiger partial charge in [0.15, 0.2) is 0 Å². The lowest BCUT2D eigenvalue weighted by Crippen LogP contribution is -2.31. The molecule has 1 aliphatic rings. The second-order valence-corrected chi connectivity index (χ2v) is 4.79. The number of fused-ring (bicyclic) bond motifs is 1. The van der Waals surface area contributed by atoms with Gasteiger partial charge in [-0.25, -0.2) is 0 Å². The van der Waals surface area contributed by atoms with Crippen molar-refractivity contribution < 1.29 is 9.53 Å². The minimum atomic E-state index is 0.0836. The summed E-state index contributed by atoms with van der Waals surface area (Å²) < 4.78 is 5.30. The van der Waals surface area contributed by atoms with Crippen molar-refractivity contribution in [3.8, 4) is 0 Å². The summed E-state index contributed by atoms with van der Waals surface area (Å²) in [4.78, 5) is 14.2. The Morgan fingerprint density at radius 3 is 3.11 bits per heavy atom. The van der Waals surface area contributed by atoms with E-state index in [4.69, 9.17) is 4.74 Å². The molecule has 1 aromatic rings. The number of hydrogen-bond donors (Lipinski definition) is 1. The zero-order valence-corrected chi connectivity index (χ0v) is 11.7. The van der Waals surface area contributed by atoms with Gasteiger partial charge < -0.3 is 15.0 Å². The van der Waals surface area contributed by atoms with Crippen molar-refractivity contribution in [1.29, 1.82) is 0 Å². The molecule has 0 aliphatic carbocycles. The highest BCUT2D eigenvalue weighted by Gasteiger charge is 2.19. The molecule has 19 heavy (non-hydrogen) atoms. The van der Waals surface area contributed by atoms with Crippen molar-refractivity contribution in [2.75, 3.05) is 38.7 Å². The Balaban J connectivity index is 2.10. The standard InChI is InChI=1S/C15H22N2O2/c1-3-19-11-10-17(2)15(18)13-6-4-8-14-12(13)7-5-9-16-14/h4,6,8,16H,3,5,7,9-11H2,1-2H3. The Labute approximate surface area is 114 Å². The Morgan fingerprint density at radius 1 is 1.47 bits per heavy atom. The number of likely N-dealkylation sites (N-methyl/N-ethyl adjacent to an activating group) is 1. The van der Waals surface area contributed by atoms with E-state index in [9.17, 15) is 4.79 Å². The number of amides is 1. The van der Waals surface area contributed by atoms with E-state index >= 15 is 0 Å². The van der Waals surface area contributed by atoms with Crippen LogP contribution in [0.15, 0.2) is 18.2 Å². The number of hydrogen-bond acceptors (Lipinski definition) is 3. The molecule has 0 fully saturated rings. The number of benzene rings is 1. The monoisotopic (exact) mass is 262 g/mol. The van der Waals surface area contributed by atoms with Crippen LogP contribution in [0.3, 0.4) is 0 Å². The second-order valence-electron chi connectivity index (χ2n) is 4.79. The van der Waals surface area contributed by atoms with E-state index in [-0.39, 0.29) is 5.91 Å². The lowest BCUT2D eigenvalue weighted by atomic mass is 9.97. The molecular formula is C15H22N2O2. The van der Waals surface area contributed by atoms with Crippen LogP contribution in [0.2, 0.25) is 0 Å². The molecule has 0 atom stereocenters. The molecule has 1 aromatic carbocycles. The van der Waals surface area contributed by atoms with E-state index < -0.39 is 0 Å². The van der Waals surface area contributed by atoms with E-state index in [0.29, 0.717) is 19.8 Å². The fourth-order valence-electron chi connectivity index (χ4n) is 2.36. The molecule has 0 bridgehead atoms. The number of anilines is 1. The molecule has 4 heteroatoms. The topological polar surface area (TPSA) is 41.6 Å². The molecule has 0 saturated carbocycles. The normalized spacial score (nSPS) is 13.6. The maximum Gasteiger partial charge on any atom is 0.254 e. The molecule has 0 spiro atoms. The molecule has 1 amide bonds. The largest absolute Gasteiger partial charge is 0.385 e. The molecule has 4 nitrogen and oxygen atoms in total. The summed E-state index contributed by atoms with van der Waals surface area (Å²) in [6, 6.07) is 5.91. The van der Waals surface area contributed by atoms with Crippen molar-refractivity contribution in [3.63, 3.8) is 0 Å². The predicted molar refractivity (Wildman–Crippen MR) is 76.7 cm³/mol. The van der Waals surface area contributed by atoms with Gasteiger partial charge in [-0.05, 0) is 37.5 Å². The van der Waals surface area contributed by atoms with E-state index in [1.165, 1.54) is 0 Å².